The Morgan fingerprint density at radius 1 is 0.973 bits per heavy atom. The van der Waals surface area contributed by atoms with Crippen molar-refractivity contribution in [1.29, 1.82) is 0 Å². The summed E-state index contributed by atoms with van der Waals surface area (Å²) in [6.07, 6.45) is -1.91. The summed E-state index contributed by atoms with van der Waals surface area (Å²) in [4.78, 5) is 24.6. The van der Waals surface area contributed by atoms with E-state index in [2.05, 4.69) is 25.4 Å². The summed E-state index contributed by atoms with van der Waals surface area (Å²) < 4.78 is 48.7. The summed E-state index contributed by atoms with van der Waals surface area (Å²) in [5.74, 6) is -0.231. The molecule has 9 nitrogen and oxygen atoms in total. The molecule has 5 aromatic rings. The van der Waals surface area contributed by atoms with Crippen molar-refractivity contribution in [2.24, 2.45) is 0 Å². The van der Waals surface area contributed by atoms with E-state index in [0.717, 1.165) is 6.07 Å². The molecular formula is C24H15ClF3N7O2. The van der Waals surface area contributed by atoms with Crippen molar-refractivity contribution >= 4 is 40.5 Å². The molecule has 5 rings (SSSR count). The van der Waals surface area contributed by atoms with Crippen molar-refractivity contribution in [3.63, 3.8) is 0 Å². The molecule has 0 aliphatic rings. The van der Waals surface area contributed by atoms with E-state index in [-0.39, 0.29) is 27.4 Å². The molecule has 0 saturated heterocycles. The Morgan fingerprint density at radius 2 is 1.78 bits per heavy atom. The van der Waals surface area contributed by atoms with Gasteiger partial charge in [-0.3, -0.25) is 4.79 Å². The summed E-state index contributed by atoms with van der Waals surface area (Å²) in [7, 11) is 0. The molecule has 0 bridgehead atoms. The van der Waals surface area contributed by atoms with E-state index in [1.54, 1.807) is 24.4 Å². The average molecular weight is 526 g/mol. The number of hydrogen-bond acceptors (Lipinski definition) is 7. The number of nitrogens with zero attached hydrogens (tertiary/aromatic N) is 6. The number of alkyl halides is 3. The first-order valence-electron chi connectivity index (χ1n) is 10.6. The number of benzene rings is 2. The zero-order valence-corrected chi connectivity index (χ0v) is 19.4. The predicted molar refractivity (Wildman–Crippen MR) is 129 cm³/mol. The molecule has 0 aliphatic heterocycles. The molecule has 0 fully saturated rings. The van der Waals surface area contributed by atoms with E-state index < -0.39 is 17.9 Å². The van der Waals surface area contributed by atoms with Crippen LogP contribution in [-0.2, 0) is 0 Å². The Hall–Kier alpha value is -4.71. The van der Waals surface area contributed by atoms with Crippen molar-refractivity contribution in [2.45, 2.75) is 6.30 Å². The van der Waals surface area contributed by atoms with Crippen molar-refractivity contribution in [2.75, 3.05) is 10.2 Å². The molecular weight excluding hydrogens is 511 g/mol. The summed E-state index contributed by atoms with van der Waals surface area (Å²) in [6, 6.07) is 17.0. The van der Waals surface area contributed by atoms with Crippen LogP contribution in [0.25, 0.3) is 5.65 Å². The lowest BCUT2D eigenvalue weighted by atomic mass is 10.2. The fourth-order valence-corrected chi connectivity index (χ4v) is 3.56. The summed E-state index contributed by atoms with van der Waals surface area (Å²) in [6.45, 7) is 0. The molecule has 37 heavy (non-hydrogen) atoms. The number of ether oxygens (including phenoxy) is 1. The second kappa shape index (κ2) is 9.74. The molecule has 0 radical (unpaired) electrons. The summed E-state index contributed by atoms with van der Waals surface area (Å²) in [5.41, 5.74) is -0.0370. The van der Waals surface area contributed by atoms with Crippen LogP contribution in [0.3, 0.4) is 0 Å². The SMILES string of the molecule is O=C(c1ccccc1)N(c1cccc(Oc2ccc3nc(Nc4ccnc(Cl)n4)cn3n2)c1)C(F)(F)F. The largest absolute Gasteiger partial charge is 0.491 e. The molecule has 0 spiro atoms. The number of nitrogens with one attached hydrogen (secondary N) is 1. The highest BCUT2D eigenvalue weighted by Crippen LogP contribution is 2.33. The fourth-order valence-electron chi connectivity index (χ4n) is 3.41. The number of anilines is 3. The Kier molecular flexibility index (Phi) is 6.32. The van der Waals surface area contributed by atoms with Crippen LogP contribution in [0.2, 0.25) is 5.28 Å². The molecule has 3 aromatic heterocycles. The van der Waals surface area contributed by atoms with Gasteiger partial charge in [-0.05, 0) is 48.0 Å². The Balaban J connectivity index is 1.39. The highest BCUT2D eigenvalue weighted by atomic mass is 35.5. The average Bonchev–Trinajstić information content (AvgIpc) is 3.25. The maximum atomic E-state index is 13.9. The number of halogens is 4. The molecule has 0 unspecified atom stereocenters. The molecule has 1 N–H and O–H groups in total. The third kappa shape index (κ3) is 5.43. The second-order valence-corrected chi connectivity index (χ2v) is 7.85. The number of hydrogen-bond donors (Lipinski definition) is 1. The van der Waals surface area contributed by atoms with Gasteiger partial charge in [0.15, 0.2) is 11.5 Å². The summed E-state index contributed by atoms with van der Waals surface area (Å²) in [5, 5.41) is 7.32. The number of aromatic nitrogens is 5. The van der Waals surface area contributed by atoms with E-state index >= 15 is 0 Å². The van der Waals surface area contributed by atoms with Gasteiger partial charge in [-0.15, -0.1) is 18.3 Å². The molecule has 0 aliphatic carbocycles. The van der Waals surface area contributed by atoms with Crippen LogP contribution in [0, 0.1) is 0 Å². The lowest BCUT2D eigenvalue weighted by Gasteiger charge is -2.25. The monoisotopic (exact) mass is 525 g/mol. The minimum absolute atomic E-state index is 0.0496. The lowest BCUT2D eigenvalue weighted by molar-refractivity contribution is -0.122. The van der Waals surface area contributed by atoms with Gasteiger partial charge in [0.1, 0.15) is 11.6 Å². The minimum atomic E-state index is -4.96. The normalized spacial score (nSPS) is 11.4. The van der Waals surface area contributed by atoms with Gasteiger partial charge in [-0.1, -0.05) is 24.3 Å². The maximum absolute atomic E-state index is 13.9. The van der Waals surface area contributed by atoms with Gasteiger partial charge in [-0.25, -0.2) is 24.4 Å². The van der Waals surface area contributed by atoms with Crippen LogP contribution in [0.4, 0.5) is 30.5 Å². The number of amides is 1. The fraction of sp³-hybridized carbons (Fsp3) is 0.0417. The van der Waals surface area contributed by atoms with Crippen molar-refractivity contribution in [3.8, 4) is 11.6 Å². The number of imidazole rings is 1. The van der Waals surface area contributed by atoms with Gasteiger partial charge in [-0.2, -0.15) is 0 Å². The summed E-state index contributed by atoms with van der Waals surface area (Å²) >= 11 is 5.79. The van der Waals surface area contributed by atoms with E-state index in [4.69, 9.17) is 16.3 Å². The minimum Gasteiger partial charge on any atom is -0.438 e. The first kappa shape index (κ1) is 24.0. The lowest BCUT2D eigenvalue weighted by Crippen LogP contribution is -2.43. The van der Waals surface area contributed by atoms with Gasteiger partial charge >= 0.3 is 6.30 Å². The number of fused-ring (bicyclic) bond motifs is 1. The topological polar surface area (TPSA) is 97.5 Å². The van der Waals surface area contributed by atoms with Gasteiger partial charge in [0.05, 0.1) is 11.9 Å². The second-order valence-electron chi connectivity index (χ2n) is 7.51. The standard InChI is InChI=1S/C24H15ClF3N7O2/c25-23-29-12-11-18(32-23)30-19-14-34-20(31-19)9-10-21(33-34)37-17-8-4-7-16(13-17)35(24(26,27)28)22(36)15-5-2-1-3-6-15/h1-14H,(H,29,30,32). The van der Waals surface area contributed by atoms with Gasteiger partial charge < -0.3 is 10.1 Å². The van der Waals surface area contributed by atoms with Gasteiger partial charge in [0.2, 0.25) is 11.2 Å². The van der Waals surface area contributed by atoms with Crippen LogP contribution >= 0.6 is 11.6 Å². The smallest absolute Gasteiger partial charge is 0.438 e. The number of carbonyl (C=O) groups is 1. The van der Waals surface area contributed by atoms with Crippen molar-refractivity contribution < 1.29 is 22.7 Å². The first-order valence-corrected chi connectivity index (χ1v) is 11.0. The highest BCUT2D eigenvalue weighted by Gasteiger charge is 2.42. The van der Waals surface area contributed by atoms with Crippen molar-refractivity contribution in [1.82, 2.24) is 24.6 Å². The molecule has 186 valence electrons. The van der Waals surface area contributed by atoms with Crippen LogP contribution in [0.1, 0.15) is 10.4 Å². The third-order valence-electron chi connectivity index (χ3n) is 4.95. The van der Waals surface area contributed by atoms with Crippen molar-refractivity contribution in [3.05, 3.63) is 96.0 Å². The van der Waals surface area contributed by atoms with E-state index in [1.165, 1.54) is 59.2 Å². The molecule has 1 amide bonds. The molecule has 2 aromatic carbocycles. The van der Waals surface area contributed by atoms with Gasteiger partial charge in [0.25, 0.3) is 5.91 Å². The number of rotatable bonds is 6. The predicted octanol–water partition coefficient (Wildman–Crippen LogP) is 5.88. The first-order chi connectivity index (χ1) is 17.8. The highest BCUT2D eigenvalue weighted by molar-refractivity contribution is 6.28. The molecule has 13 heteroatoms. The van der Waals surface area contributed by atoms with Gasteiger partial charge in [0, 0.05) is 23.9 Å². The van der Waals surface area contributed by atoms with E-state index in [9.17, 15) is 18.0 Å². The maximum Gasteiger partial charge on any atom is 0.491 e. The Labute approximate surface area is 212 Å². The Bertz CT molecular complexity index is 1580. The van der Waals surface area contributed by atoms with Crippen LogP contribution in [0.5, 0.6) is 11.6 Å². The number of carbonyl (C=O) groups excluding carboxylic acids is 1. The van der Waals surface area contributed by atoms with Crippen LogP contribution in [-0.4, -0.2) is 36.8 Å². The Morgan fingerprint density at radius 3 is 2.54 bits per heavy atom. The van der Waals surface area contributed by atoms with Crippen LogP contribution < -0.4 is 15.0 Å². The van der Waals surface area contributed by atoms with E-state index in [0.29, 0.717) is 17.3 Å². The van der Waals surface area contributed by atoms with Crippen LogP contribution in [0.15, 0.2) is 85.2 Å². The molecule has 0 saturated carbocycles. The van der Waals surface area contributed by atoms with E-state index in [1.807, 2.05) is 0 Å². The molecule has 3 heterocycles. The third-order valence-corrected chi connectivity index (χ3v) is 5.14. The zero-order valence-electron chi connectivity index (χ0n) is 18.6. The molecule has 0 atom stereocenters. The zero-order chi connectivity index (χ0) is 26.0. The quantitative estimate of drug-likeness (QED) is 0.218.